The molecule has 0 aromatic carbocycles. The van der Waals surface area contributed by atoms with Crippen LogP contribution in [0.5, 0.6) is 0 Å². The quantitative estimate of drug-likeness (QED) is 0.388. The van der Waals surface area contributed by atoms with Crippen molar-refractivity contribution in [2.75, 3.05) is 19.8 Å². The van der Waals surface area contributed by atoms with Crippen molar-refractivity contribution in [1.29, 1.82) is 0 Å². The Labute approximate surface area is 80.6 Å². The molecule has 0 unspecified atom stereocenters. The lowest BCUT2D eigenvalue weighted by Crippen LogP contribution is -2.12. The number of aromatic nitrogens is 2. The van der Waals surface area contributed by atoms with Crippen LogP contribution in [-0.2, 0) is 11.3 Å². The first-order valence-electron chi connectivity index (χ1n) is 4.18. The second-order valence-electron chi connectivity index (χ2n) is 2.62. The zero-order valence-electron chi connectivity index (χ0n) is 7.63. The Morgan fingerprint density at radius 3 is 3.00 bits per heavy atom. The molecule has 14 heavy (non-hydrogen) atoms. The fourth-order valence-electron chi connectivity index (χ4n) is 0.913. The van der Waals surface area contributed by atoms with Gasteiger partial charge in [-0.25, -0.2) is 0 Å². The van der Waals surface area contributed by atoms with E-state index >= 15 is 0 Å². The topological polar surface area (TPSA) is 96.2 Å². The molecule has 1 aromatic heterocycles. The Bertz CT molecular complexity index is 299. The average molecular weight is 200 g/mol. The smallest absolute Gasteiger partial charge is 0.306 e. The lowest BCUT2D eigenvalue weighted by molar-refractivity contribution is -0.385. The highest BCUT2D eigenvalue weighted by atomic mass is 16.6. The lowest BCUT2D eigenvalue weighted by atomic mass is 10.6. The van der Waals surface area contributed by atoms with E-state index in [0.29, 0.717) is 26.3 Å². The van der Waals surface area contributed by atoms with Crippen molar-refractivity contribution in [3.63, 3.8) is 0 Å². The molecular weight excluding hydrogens is 188 g/mol. The zero-order chi connectivity index (χ0) is 10.4. The number of nitrogens with zero attached hydrogens (tertiary/aromatic N) is 3. The normalized spacial score (nSPS) is 10.4. The first-order chi connectivity index (χ1) is 6.74. The van der Waals surface area contributed by atoms with Gasteiger partial charge in [0.25, 0.3) is 0 Å². The summed E-state index contributed by atoms with van der Waals surface area (Å²) in [7, 11) is 0. The Morgan fingerprint density at radius 2 is 2.43 bits per heavy atom. The van der Waals surface area contributed by atoms with E-state index in [9.17, 15) is 10.1 Å². The highest BCUT2D eigenvalue weighted by Gasteiger charge is 2.07. The third-order valence-corrected chi connectivity index (χ3v) is 1.56. The monoisotopic (exact) mass is 200 g/mol. The standard InChI is InChI=1S/C7H12N4O3/c8-1-3-14-4-2-10-6-7(5-9-10)11(12)13/h5-6H,1-4,8H2. The molecule has 1 heterocycles. The van der Waals surface area contributed by atoms with E-state index in [4.69, 9.17) is 10.5 Å². The van der Waals surface area contributed by atoms with Crippen molar-refractivity contribution >= 4 is 5.69 Å². The third-order valence-electron chi connectivity index (χ3n) is 1.56. The Balaban J connectivity index is 2.33. The third kappa shape index (κ3) is 3.11. The molecule has 0 radical (unpaired) electrons. The van der Waals surface area contributed by atoms with E-state index in [0.717, 1.165) is 0 Å². The molecule has 7 nitrogen and oxygen atoms in total. The molecule has 1 aromatic rings. The van der Waals surface area contributed by atoms with Gasteiger partial charge in [0.1, 0.15) is 12.4 Å². The molecular formula is C7H12N4O3. The molecule has 0 spiro atoms. The van der Waals surface area contributed by atoms with Crippen LogP contribution in [0.1, 0.15) is 0 Å². The summed E-state index contributed by atoms with van der Waals surface area (Å²) >= 11 is 0. The molecule has 0 aliphatic rings. The van der Waals surface area contributed by atoms with E-state index in [1.807, 2.05) is 0 Å². The van der Waals surface area contributed by atoms with Gasteiger partial charge >= 0.3 is 5.69 Å². The molecule has 2 N–H and O–H groups in total. The molecule has 0 atom stereocenters. The van der Waals surface area contributed by atoms with Gasteiger partial charge in [0, 0.05) is 6.54 Å². The van der Waals surface area contributed by atoms with Crippen LogP contribution in [0.15, 0.2) is 12.4 Å². The largest absolute Gasteiger partial charge is 0.378 e. The average Bonchev–Trinajstić information content (AvgIpc) is 2.61. The van der Waals surface area contributed by atoms with Crippen LogP contribution < -0.4 is 5.73 Å². The van der Waals surface area contributed by atoms with Crippen molar-refractivity contribution in [3.05, 3.63) is 22.5 Å². The highest BCUT2D eigenvalue weighted by molar-refractivity contribution is 5.20. The van der Waals surface area contributed by atoms with Crippen LogP contribution in [-0.4, -0.2) is 34.5 Å². The van der Waals surface area contributed by atoms with Crippen molar-refractivity contribution in [1.82, 2.24) is 9.78 Å². The SMILES string of the molecule is NCCOCCn1cc([N+](=O)[O-])cn1. The van der Waals surface area contributed by atoms with Gasteiger partial charge in [-0.3, -0.25) is 14.8 Å². The summed E-state index contributed by atoms with van der Waals surface area (Å²) < 4.78 is 6.57. The van der Waals surface area contributed by atoms with Gasteiger partial charge in [-0.2, -0.15) is 5.10 Å². The summed E-state index contributed by atoms with van der Waals surface area (Å²) in [6.07, 6.45) is 2.58. The van der Waals surface area contributed by atoms with Crippen LogP contribution in [0.25, 0.3) is 0 Å². The van der Waals surface area contributed by atoms with E-state index in [1.165, 1.54) is 17.1 Å². The van der Waals surface area contributed by atoms with Crippen molar-refractivity contribution in [2.24, 2.45) is 5.73 Å². The number of rotatable bonds is 6. The van der Waals surface area contributed by atoms with E-state index in [2.05, 4.69) is 5.10 Å². The summed E-state index contributed by atoms with van der Waals surface area (Å²) in [5, 5.41) is 14.1. The van der Waals surface area contributed by atoms with E-state index in [-0.39, 0.29) is 5.69 Å². The van der Waals surface area contributed by atoms with Crippen LogP contribution >= 0.6 is 0 Å². The van der Waals surface area contributed by atoms with Gasteiger partial charge in [0.05, 0.1) is 24.7 Å². The summed E-state index contributed by atoms with van der Waals surface area (Å²) in [6.45, 7) is 1.91. The number of ether oxygens (including phenoxy) is 1. The fraction of sp³-hybridized carbons (Fsp3) is 0.571. The Hall–Kier alpha value is -1.47. The molecule has 0 saturated heterocycles. The number of hydrogen-bond donors (Lipinski definition) is 1. The number of nitro groups is 1. The maximum atomic E-state index is 10.3. The van der Waals surface area contributed by atoms with Gasteiger partial charge in [0.2, 0.25) is 0 Å². The van der Waals surface area contributed by atoms with E-state index < -0.39 is 4.92 Å². The molecule has 0 fully saturated rings. The van der Waals surface area contributed by atoms with Gasteiger partial charge in [0.15, 0.2) is 0 Å². The molecule has 0 aliphatic carbocycles. The lowest BCUT2D eigenvalue weighted by Gasteiger charge is -2.01. The fourth-order valence-corrected chi connectivity index (χ4v) is 0.913. The first kappa shape index (κ1) is 10.6. The first-order valence-corrected chi connectivity index (χ1v) is 4.18. The maximum Gasteiger partial charge on any atom is 0.306 e. The van der Waals surface area contributed by atoms with Crippen LogP contribution in [0.3, 0.4) is 0 Å². The van der Waals surface area contributed by atoms with Crippen LogP contribution in [0, 0.1) is 10.1 Å². The van der Waals surface area contributed by atoms with Crippen LogP contribution in [0.2, 0.25) is 0 Å². The second-order valence-corrected chi connectivity index (χ2v) is 2.62. The predicted octanol–water partition coefficient (Wildman–Crippen LogP) is -0.233. The minimum absolute atomic E-state index is 0.0103. The zero-order valence-corrected chi connectivity index (χ0v) is 7.63. The van der Waals surface area contributed by atoms with Crippen LogP contribution in [0.4, 0.5) is 5.69 Å². The van der Waals surface area contributed by atoms with Crippen molar-refractivity contribution < 1.29 is 9.66 Å². The molecule has 0 bridgehead atoms. The van der Waals surface area contributed by atoms with Crippen molar-refractivity contribution in [3.8, 4) is 0 Å². The number of hydrogen-bond acceptors (Lipinski definition) is 5. The maximum absolute atomic E-state index is 10.3. The second kappa shape index (κ2) is 5.30. The molecule has 1 rings (SSSR count). The minimum atomic E-state index is -0.482. The predicted molar refractivity (Wildman–Crippen MR) is 48.8 cm³/mol. The van der Waals surface area contributed by atoms with Gasteiger partial charge in [-0.1, -0.05) is 0 Å². The Kier molecular flexibility index (Phi) is 4.02. The van der Waals surface area contributed by atoms with Gasteiger partial charge in [-0.15, -0.1) is 0 Å². The molecule has 7 heteroatoms. The van der Waals surface area contributed by atoms with Gasteiger partial charge < -0.3 is 10.5 Å². The molecule has 0 saturated carbocycles. The number of nitrogens with two attached hydrogens (primary N) is 1. The molecule has 0 amide bonds. The summed E-state index contributed by atoms with van der Waals surface area (Å²) in [5.74, 6) is 0. The summed E-state index contributed by atoms with van der Waals surface area (Å²) in [5.41, 5.74) is 5.20. The molecule has 78 valence electrons. The minimum Gasteiger partial charge on any atom is -0.378 e. The van der Waals surface area contributed by atoms with Crippen molar-refractivity contribution in [2.45, 2.75) is 6.54 Å². The summed E-state index contributed by atoms with van der Waals surface area (Å²) in [4.78, 5) is 9.81. The summed E-state index contributed by atoms with van der Waals surface area (Å²) in [6, 6.07) is 0. The van der Waals surface area contributed by atoms with E-state index in [1.54, 1.807) is 0 Å². The highest BCUT2D eigenvalue weighted by Crippen LogP contribution is 2.07. The Morgan fingerprint density at radius 1 is 1.64 bits per heavy atom. The molecule has 0 aliphatic heterocycles. The van der Waals surface area contributed by atoms with Gasteiger partial charge in [-0.05, 0) is 0 Å².